The number of piperidine rings is 1. The number of imide groups is 1. The fraction of sp³-hybridized carbons (Fsp3) is 0.684. The Morgan fingerprint density at radius 1 is 1.21 bits per heavy atom. The monoisotopic (exact) mass is 389 g/mol. The molecule has 1 saturated carbocycles. The first-order valence-corrected chi connectivity index (χ1v) is 10.0. The molecule has 3 aliphatic rings. The van der Waals surface area contributed by atoms with Crippen LogP contribution in [0.1, 0.15) is 50.0 Å². The first-order chi connectivity index (χ1) is 13.3. The van der Waals surface area contributed by atoms with Gasteiger partial charge in [-0.3, -0.25) is 14.5 Å². The van der Waals surface area contributed by atoms with E-state index in [1.165, 1.54) is 11.1 Å². The van der Waals surface area contributed by atoms with E-state index in [4.69, 9.17) is 0 Å². The van der Waals surface area contributed by atoms with Gasteiger partial charge in [0.2, 0.25) is 0 Å². The average Bonchev–Trinajstić information content (AvgIpc) is 3.36. The second-order valence-corrected chi connectivity index (χ2v) is 8.63. The molecule has 2 saturated heterocycles. The molecule has 2 N–H and O–H groups in total. The van der Waals surface area contributed by atoms with Crippen LogP contribution in [0.5, 0.6) is 0 Å². The number of nitrogens with zero attached hydrogens (tertiary/aromatic N) is 3. The zero-order valence-electron chi connectivity index (χ0n) is 16.4. The van der Waals surface area contributed by atoms with E-state index in [0.717, 1.165) is 12.8 Å². The van der Waals surface area contributed by atoms with Gasteiger partial charge < -0.3 is 19.8 Å². The molecule has 4 rings (SSSR count). The number of carbonyl (C=O) groups is 3. The van der Waals surface area contributed by atoms with Crippen LogP contribution in [-0.4, -0.2) is 74.2 Å². The lowest BCUT2D eigenvalue weighted by atomic mass is 9.85. The van der Waals surface area contributed by atoms with Crippen molar-refractivity contribution in [2.24, 2.45) is 11.8 Å². The van der Waals surface area contributed by atoms with E-state index >= 15 is 0 Å². The quantitative estimate of drug-likeness (QED) is 0.732. The fourth-order valence-electron chi connectivity index (χ4n) is 4.30. The highest BCUT2D eigenvalue weighted by molar-refractivity contribution is 6.07. The van der Waals surface area contributed by atoms with Crippen LogP contribution in [0.4, 0.5) is 4.79 Å². The summed E-state index contributed by atoms with van der Waals surface area (Å²) in [7, 11) is 0. The number of amides is 4. The Hall–Kier alpha value is -2.58. The van der Waals surface area contributed by atoms with Crippen molar-refractivity contribution in [1.82, 2.24) is 24.7 Å². The number of nitrogens with one attached hydrogen (secondary N) is 2. The lowest BCUT2D eigenvalue weighted by Crippen LogP contribution is -2.58. The Morgan fingerprint density at radius 2 is 1.89 bits per heavy atom. The molecule has 1 spiro atoms. The average molecular weight is 389 g/mol. The van der Waals surface area contributed by atoms with Crippen LogP contribution < -0.4 is 5.69 Å². The molecule has 0 atom stereocenters. The Labute approximate surface area is 163 Å². The topological polar surface area (TPSA) is 110 Å². The Morgan fingerprint density at radius 3 is 2.43 bits per heavy atom. The minimum absolute atomic E-state index is 0.104. The molecule has 0 unspecified atom stereocenters. The van der Waals surface area contributed by atoms with Crippen molar-refractivity contribution in [3.8, 4) is 0 Å². The first kappa shape index (κ1) is 18.8. The van der Waals surface area contributed by atoms with E-state index in [2.05, 4.69) is 9.97 Å². The zero-order chi connectivity index (χ0) is 20.1. The fourth-order valence-corrected chi connectivity index (χ4v) is 4.30. The number of H-pyrrole nitrogens is 2. The molecular weight excluding hydrogens is 362 g/mol. The predicted octanol–water partition coefficient (Wildman–Crippen LogP) is 1.01. The van der Waals surface area contributed by atoms with Crippen molar-refractivity contribution in [2.45, 2.75) is 45.1 Å². The van der Waals surface area contributed by atoms with Crippen LogP contribution >= 0.6 is 0 Å². The molecule has 9 heteroatoms. The van der Waals surface area contributed by atoms with Crippen LogP contribution in [-0.2, 0) is 4.79 Å². The maximum Gasteiger partial charge on any atom is 0.327 e. The molecule has 0 radical (unpaired) electrons. The maximum absolute atomic E-state index is 13.3. The molecular formula is C19H27N5O4. The summed E-state index contributed by atoms with van der Waals surface area (Å²) in [5.41, 5.74) is -1.06. The number of likely N-dealkylation sites (tertiary alicyclic amines) is 1. The normalized spacial score (nSPS) is 22.0. The second kappa shape index (κ2) is 6.79. The van der Waals surface area contributed by atoms with Crippen molar-refractivity contribution in [3.63, 3.8) is 0 Å². The predicted molar refractivity (Wildman–Crippen MR) is 101 cm³/mol. The molecule has 3 fully saturated rings. The Bertz CT molecular complexity index is 845. The molecule has 3 heterocycles. The van der Waals surface area contributed by atoms with Crippen molar-refractivity contribution in [2.75, 3.05) is 26.2 Å². The van der Waals surface area contributed by atoms with Gasteiger partial charge in [0, 0.05) is 32.4 Å². The number of aromatic nitrogens is 2. The Balaban J connectivity index is 1.53. The van der Waals surface area contributed by atoms with Gasteiger partial charge in [0.15, 0.2) is 0 Å². The van der Waals surface area contributed by atoms with Gasteiger partial charge in [0.25, 0.3) is 11.8 Å². The lowest BCUT2D eigenvalue weighted by molar-refractivity contribution is -0.135. The van der Waals surface area contributed by atoms with Crippen LogP contribution in [0.2, 0.25) is 0 Å². The van der Waals surface area contributed by atoms with E-state index < -0.39 is 11.2 Å². The molecule has 4 amide bonds. The van der Waals surface area contributed by atoms with Crippen LogP contribution in [0, 0.1) is 11.8 Å². The smallest absolute Gasteiger partial charge is 0.327 e. The molecule has 2 aliphatic heterocycles. The number of rotatable bonds is 5. The van der Waals surface area contributed by atoms with E-state index in [1.54, 1.807) is 9.80 Å². The number of hydrogen-bond donors (Lipinski definition) is 2. The molecule has 28 heavy (non-hydrogen) atoms. The summed E-state index contributed by atoms with van der Waals surface area (Å²) in [5.74, 6) is 0.317. The number of carbonyl (C=O) groups excluding carboxylic acids is 3. The summed E-state index contributed by atoms with van der Waals surface area (Å²) in [6.45, 7) is 5.87. The van der Waals surface area contributed by atoms with Crippen LogP contribution in [0.3, 0.4) is 0 Å². The van der Waals surface area contributed by atoms with E-state index in [9.17, 15) is 19.2 Å². The molecule has 1 aliphatic carbocycles. The third kappa shape index (κ3) is 3.12. The maximum atomic E-state index is 13.3. The van der Waals surface area contributed by atoms with Crippen LogP contribution in [0.15, 0.2) is 11.0 Å². The summed E-state index contributed by atoms with van der Waals surface area (Å²) in [6, 6.07) is -0.180. The largest absolute Gasteiger partial charge is 0.337 e. The SMILES string of the molecule is CC(C)CN1C(=O)N(CC2CC2)C(=O)C12CCN(C(=O)c1c[nH]c(=O)[nH]1)CC2. The third-order valence-corrected chi connectivity index (χ3v) is 6.01. The highest BCUT2D eigenvalue weighted by Crippen LogP contribution is 2.40. The van der Waals surface area contributed by atoms with Crippen molar-refractivity contribution in [1.29, 1.82) is 0 Å². The van der Waals surface area contributed by atoms with Crippen molar-refractivity contribution in [3.05, 3.63) is 22.4 Å². The molecule has 1 aromatic rings. The van der Waals surface area contributed by atoms with Gasteiger partial charge >= 0.3 is 11.7 Å². The second-order valence-electron chi connectivity index (χ2n) is 8.63. The molecule has 0 bridgehead atoms. The standard InChI is InChI=1S/C19H27N5O4/c1-12(2)10-24-18(28)23(11-13-3-4-13)16(26)19(24)5-7-22(8-6-19)15(25)14-9-20-17(27)21-14/h9,12-13H,3-8,10-11H2,1-2H3,(H2,20,21,27). The van der Waals surface area contributed by atoms with E-state index in [0.29, 0.717) is 44.9 Å². The minimum Gasteiger partial charge on any atom is -0.337 e. The molecule has 152 valence electrons. The zero-order valence-corrected chi connectivity index (χ0v) is 16.4. The van der Waals surface area contributed by atoms with Gasteiger partial charge in [0.1, 0.15) is 11.2 Å². The summed E-state index contributed by atoms with van der Waals surface area (Å²) >= 11 is 0. The lowest BCUT2D eigenvalue weighted by Gasteiger charge is -2.42. The van der Waals surface area contributed by atoms with Gasteiger partial charge in [-0.05, 0) is 37.5 Å². The summed E-state index contributed by atoms with van der Waals surface area (Å²) in [4.78, 5) is 59.9. The third-order valence-electron chi connectivity index (χ3n) is 6.01. The van der Waals surface area contributed by atoms with Crippen molar-refractivity contribution >= 4 is 17.8 Å². The number of imidazole rings is 1. The summed E-state index contributed by atoms with van der Waals surface area (Å²) in [6.07, 6.45) is 4.36. The molecule has 0 aromatic carbocycles. The van der Waals surface area contributed by atoms with Crippen LogP contribution in [0.25, 0.3) is 0 Å². The highest BCUT2D eigenvalue weighted by Gasteiger charge is 2.58. The van der Waals surface area contributed by atoms with Gasteiger partial charge in [-0.2, -0.15) is 0 Å². The summed E-state index contributed by atoms with van der Waals surface area (Å²) in [5, 5.41) is 0. The number of urea groups is 1. The summed E-state index contributed by atoms with van der Waals surface area (Å²) < 4.78 is 0. The molecule has 1 aromatic heterocycles. The van der Waals surface area contributed by atoms with E-state index in [1.807, 2.05) is 13.8 Å². The molecule has 9 nitrogen and oxygen atoms in total. The Kier molecular flexibility index (Phi) is 4.55. The highest BCUT2D eigenvalue weighted by atomic mass is 16.2. The first-order valence-electron chi connectivity index (χ1n) is 10.0. The van der Waals surface area contributed by atoms with Gasteiger partial charge in [0.05, 0.1) is 0 Å². The minimum atomic E-state index is -0.849. The number of hydrogen-bond acceptors (Lipinski definition) is 4. The van der Waals surface area contributed by atoms with Crippen molar-refractivity contribution < 1.29 is 14.4 Å². The van der Waals surface area contributed by atoms with Gasteiger partial charge in [-0.1, -0.05) is 13.8 Å². The van der Waals surface area contributed by atoms with Gasteiger partial charge in [-0.15, -0.1) is 0 Å². The number of aromatic amines is 2. The van der Waals surface area contributed by atoms with Gasteiger partial charge in [-0.25, -0.2) is 9.59 Å². The van der Waals surface area contributed by atoms with E-state index in [-0.39, 0.29) is 29.5 Å².